The van der Waals surface area contributed by atoms with Crippen molar-refractivity contribution in [1.82, 2.24) is 0 Å². The van der Waals surface area contributed by atoms with Crippen molar-refractivity contribution in [2.45, 2.75) is 13.3 Å². The molecule has 0 spiro atoms. The summed E-state index contributed by atoms with van der Waals surface area (Å²) in [5, 5.41) is 8.82. The van der Waals surface area contributed by atoms with Crippen LogP contribution in [0.15, 0.2) is 12.1 Å². The Morgan fingerprint density at radius 1 is 1.44 bits per heavy atom. The lowest BCUT2D eigenvalue weighted by molar-refractivity contribution is -0.141. The molecule has 1 atom stereocenters. The Balaban J connectivity index is 2.41. The summed E-state index contributed by atoms with van der Waals surface area (Å²) in [6, 6.07) is 2.33. The largest absolute Gasteiger partial charge is 0.481 e. The lowest BCUT2D eigenvalue weighted by Crippen LogP contribution is -2.28. The third-order valence-electron chi connectivity index (χ3n) is 3.00. The highest BCUT2D eigenvalue weighted by Gasteiger charge is 2.37. The van der Waals surface area contributed by atoms with Gasteiger partial charge in [-0.3, -0.25) is 9.59 Å². The van der Waals surface area contributed by atoms with E-state index in [1.54, 1.807) is 0 Å². The lowest BCUT2D eigenvalue weighted by Gasteiger charge is -2.18. The van der Waals surface area contributed by atoms with Crippen molar-refractivity contribution >= 4 is 17.6 Å². The molecule has 1 unspecified atom stereocenters. The molecule has 0 saturated carbocycles. The number of carbonyl (C=O) groups excluding carboxylic acids is 1. The average Bonchev–Trinajstić information content (AvgIpc) is 2.67. The number of anilines is 1. The standard InChI is InChI=1S/C12H11F2NO3/c1-6-2-3-8(13)11(10(6)14)15-5-7(12(17)18)4-9(15)16/h2-3,7H,4-5H2,1H3,(H,17,18). The van der Waals surface area contributed by atoms with Crippen molar-refractivity contribution in [2.75, 3.05) is 11.4 Å². The smallest absolute Gasteiger partial charge is 0.308 e. The first-order valence-corrected chi connectivity index (χ1v) is 5.39. The van der Waals surface area contributed by atoms with Gasteiger partial charge in [0.1, 0.15) is 11.5 Å². The molecule has 0 aromatic heterocycles. The average molecular weight is 255 g/mol. The molecule has 6 heteroatoms. The Bertz CT molecular complexity index is 530. The van der Waals surface area contributed by atoms with Gasteiger partial charge in [0.15, 0.2) is 5.82 Å². The van der Waals surface area contributed by atoms with Crippen molar-refractivity contribution in [2.24, 2.45) is 5.92 Å². The molecule has 18 heavy (non-hydrogen) atoms. The third-order valence-corrected chi connectivity index (χ3v) is 3.00. The van der Waals surface area contributed by atoms with E-state index in [4.69, 9.17) is 5.11 Å². The van der Waals surface area contributed by atoms with Crippen LogP contribution in [0.5, 0.6) is 0 Å². The fourth-order valence-corrected chi connectivity index (χ4v) is 1.98. The van der Waals surface area contributed by atoms with Gasteiger partial charge in [-0.2, -0.15) is 0 Å². The number of amides is 1. The summed E-state index contributed by atoms with van der Waals surface area (Å²) >= 11 is 0. The summed E-state index contributed by atoms with van der Waals surface area (Å²) in [6.07, 6.45) is -0.234. The van der Waals surface area contributed by atoms with E-state index in [0.29, 0.717) is 0 Å². The third kappa shape index (κ3) is 1.94. The van der Waals surface area contributed by atoms with Crippen LogP contribution >= 0.6 is 0 Å². The number of carboxylic acids is 1. The summed E-state index contributed by atoms with van der Waals surface area (Å²) in [6.45, 7) is 1.25. The van der Waals surface area contributed by atoms with Crippen LogP contribution in [0, 0.1) is 24.5 Å². The summed E-state index contributed by atoms with van der Waals surface area (Å²) in [7, 11) is 0. The molecule has 1 fully saturated rings. The highest BCUT2D eigenvalue weighted by atomic mass is 19.1. The van der Waals surface area contributed by atoms with Crippen LogP contribution in [0.2, 0.25) is 0 Å². The number of halogens is 2. The molecule has 0 aliphatic carbocycles. The Morgan fingerprint density at radius 2 is 2.11 bits per heavy atom. The van der Waals surface area contributed by atoms with Crippen molar-refractivity contribution in [3.05, 3.63) is 29.3 Å². The molecule has 96 valence electrons. The Hall–Kier alpha value is -1.98. The summed E-state index contributed by atoms with van der Waals surface area (Å²) in [5.74, 6) is -4.33. The van der Waals surface area contributed by atoms with Gasteiger partial charge in [0, 0.05) is 13.0 Å². The van der Waals surface area contributed by atoms with E-state index in [1.807, 2.05) is 0 Å². The number of nitrogens with zero attached hydrogens (tertiary/aromatic N) is 1. The number of aryl methyl sites for hydroxylation is 1. The van der Waals surface area contributed by atoms with E-state index in [-0.39, 0.29) is 18.5 Å². The van der Waals surface area contributed by atoms with Crippen LogP contribution in [0.1, 0.15) is 12.0 Å². The van der Waals surface area contributed by atoms with E-state index < -0.39 is 35.1 Å². The van der Waals surface area contributed by atoms with Crippen molar-refractivity contribution in [3.63, 3.8) is 0 Å². The Labute approximate surface area is 102 Å². The van der Waals surface area contributed by atoms with Crippen molar-refractivity contribution in [3.8, 4) is 0 Å². The SMILES string of the molecule is Cc1ccc(F)c(N2CC(C(=O)O)CC2=O)c1F. The quantitative estimate of drug-likeness (QED) is 0.875. The first kappa shape index (κ1) is 12.5. The van der Waals surface area contributed by atoms with Crippen LogP contribution in [0.3, 0.4) is 0 Å². The van der Waals surface area contributed by atoms with E-state index in [0.717, 1.165) is 11.0 Å². The molecule has 0 radical (unpaired) electrons. The predicted molar refractivity (Wildman–Crippen MR) is 59.2 cm³/mol. The van der Waals surface area contributed by atoms with Gasteiger partial charge < -0.3 is 10.0 Å². The number of carboxylic acid groups (broad SMARTS) is 1. The van der Waals surface area contributed by atoms with Gasteiger partial charge in [0.05, 0.1) is 5.92 Å². The summed E-state index contributed by atoms with van der Waals surface area (Å²) in [4.78, 5) is 23.3. The molecular weight excluding hydrogens is 244 g/mol. The second kappa shape index (κ2) is 4.36. The minimum absolute atomic E-state index is 0.203. The first-order chi connectivity index (χ1) is 8.41. The molecule has 2 rings (SSSR count). The van der Waals surface area contributed by atoms with Gasteiger partial charge in [0.2, 0.25) is 5.91 Å². The molecule has 0 bridgehead atoms. The molecule has 1 heterocycles. The van der Waals surface area contributed by atoms with Crippen molar-refractivity contribution < 1.29 is 23.5 Å². The number of benzene rings is 1. The normalized spacial score (nSPS) is 19.4. The number of aliphatic carboxylic acids is 1. The lowest BCUT2D eigenvalue weighted by atomic mass is 10.1. The Morgan fingerprint density at radius 3 is 2.67 bits per heavy atom. The zero-order valence-corrected chi connectivity index (χ0v) is 9.61. The second-order valence-corrected chi connectivity index (χ2v) is 4.27. The predicted octanol–water partition coefficient (Wildman–Crippen LogP) is 1.71. The van der Waals surface area contributed by atoms with Gasteiger partial charge in [-0.05, 0) is 18.6 Å². The topological polar surface area (TPSA) is 57.6 Å². The highest BCUT2D eigenvalue weighted by molar-refractivity contribution is 5.99. The van der Waals surface area contributed by atoms with E-state index in [2.05, 4.69) is 0 Å². The minimum atomic E-state index is -1.14. The maximum Gasteiger partial charge on any atom is 0.308 e. The molecule has 4 nitrogen and oxygen atoms in total. The number of hydrogen-bond acceptors (Lipinski definition) is 2. The van der Waals surface area contributed by atoms with Gasteiger partial charge in [-0.15, -0.1) is 0 Å². The number of rotatable bonds is 2. The maximum atomic E-state index is 13.8. The maximum absolute atomic E-state index is 13.8. The van der Waals surface area contributed by atoms with E-state index in [1.165, 1.54) is 13.0 Å². The molecular formula is C12H11F2NO3. The van der Waals surface area contributed by atoms with Crippen LogP contribution in [-0.2, 0) is 9.59 Å². The van der Waals surface area contributed by atoms with Crippen molar-refractivity contribution in [1.29, 1.82) is 0 Å². The number of hydrogen-bond donors (Lipinski definition) is 1. The molecule has 1 aromatic rings. The molecule has 1 aromatic carbocycles. The molecule has 1 N–H and O–H groups in total. The van der Waals surface area contributed by atoms with Crippen LogP contribution in [0.4, 0.5) is 14.5 Å². The van der Waals surface area contributed by atoms with E-state index >= 15 is 0 Å². The zero-order valence-electron chi connectivity index (χ0n) is 9.61. The second-order valence-electron chi connectivity index (χ2n) is 4.27. The van der Waals surface area contributed by atoms with Crippen LogP contribution < -0.4 is 4.90 Å². The van der Waals surface area contributed by atoms with E-state index in [9.17, 15) is 18.4 Å². The van der Waals surface area contributed by atoms with Crippen LogP contribution in [0.25, 0.3) is 0 Å². The molecule has 1 aliphatic rings. The first-order valence-electron chi connectivity index (χ1n) is 5.39. The minimum Gasteiger partial charge on any atom is -0.481 e. The Kier molecular flexibility index (Phi) is 3.02. The zero-order chi connectivity index (χ0) is 13.4. The monoisotopic (exact) mass is 255 g/mol. The molecule has 1 amide bonds. The fraction of sp³-hybridized carbons (Fsp3) is 0.333. The summed E-state index contributed by atoms with van der Waals surface area (Å²) in [5.41, 5.74) is -0.248. The molecule has 1 aliphatic heterocycles. The molecule has 1 saturated heterocycles. The summed E-state index contributed by atoms with van der Waals surface area (Å²) < 4.78 is 27.4. The van der Waals surface area contributed by atoms with Gasteiger partial charge in [-0.1, -0.05) is 6.07 Å². The van der Waals surface area contributed by atoms with Gasteiger partial charge >= 0.3 is 5.97 Å². The fourth-order valence-electron chi connectivity index (χ4n) is 1.98. The van der Waals surface area contributed by atoms with Gasteiger partial charge in [0.25, 0.3) is 0 Å². The van der Waals surface area contributed by atoms with Crippen LogP contribution in [-0.4, -0.2) is 23.5 Å². The van der Waals surface area contributed by atoms with Gasteiger partial charge in [-0.25, -0.2) is 8.78 Å². The number of carbonyl (C=O) groups is 2. The highest BCUT2D eigenvalue weighted by Crippen LogP contribution is 2.31.